The van der Waals surface area contributed by atoms with Gasteiger partial charge in [0, 0.05) is 6.61 Å². The van der Waals surface area contributed by atoms with Gasteiger partial charge in [-0.2, -0.15) is 0 Å². The lowest BCUT2D eigenvalue weighted by atomic mass is 10.1. The summed E-state index contributed by atoms with van der Waals surface area (Å²) in [6.45, 7) is 3.32. The molecule has 1 aliphatic rings. The summed E-state index contributed by atoms with van der Waals surface area (Å²) < 4.78 is 20.1. The maximum atomic E-state index is 13.6. The van der Waals surface area contributed by atoms with Crippen LogP contribution in [0.15, 0.2) is 42.5 Å². The van der Waals surface area contributed by atoms with Crippen molar-refractivity contribution < 1.29 is 13.9 Å². The number of anilines is 1. The van der Waals surface area contributed by atoms with Crippen LogP contribution >= 0.6 is 11.3 Å². The third kappa shape index (κ3) is 4.23. The highest BCUT2D eigenvalue weighted by atomic mass is 32.1. The van der Waals surface area contributed by atoms with E-state index in [0.717, 1.165) is 36.1 Å². The second-order valence-electron chi connectivity index (χ2n) is 7.09. The molecule has 0 N–H and O–H groups in total. The fourth-order valence-electron chi connectivity index (χ4n) is 3.44. The maximum absolute atomic E-state index is 13.6. The lowest BCUT2D eigenvalue weighted by molar-refractivity contribution is -0.118. The first-order valence-electron chi connectivity index (χ1n) is 9.68. The van der Waals surface area contributed by atoms with E-state index in [1.54, 1.807) is 11.0 Å². The number of carbonyl (C=O) groups is 1. The third-order valence-corrected chi connectivity index (χ3v) is 6.11. The molecule has 4 nitrogen and oxygen atoms in total. The topological polar surface area (TPSA) is 42.4 Å². The summed E-state index contributed by atoms with van der Waals surface area (Å²) in [6, 6.07) is 12.7. The average Bonchev–Trinajstić information content (AvgIpc) is 3.35. The van der Waals surface area contributed by atoms with Crippen molar-refractivity contribution in [2.75, 3.05) is 18.1 Å². The zero-order valence-corrected chi connectivity index (χ0v) is 16.7. The molecule has 1 unspecified atom stereocenters. The number of nitrogens with zero attached hydrogens (tertiary/aromatic N) is 2. The number of thiazole rings is 1. The van der Waals surface area contributed by atoms with Gasteiger partial charge in [0.1, 0.15) is 5.82 Å². The molecule has 6 heteroatoms. The van der Waals surface area contributed by atoms with Crippen LogP contribution in [0.3, 0.4) is 0 Å². The van der Waals surface area contributed by atoms with Crippen LogP contribution in [0.1, 0.15) is 30.9 Å². The van der Waals surface area contributed by atoms with Gasteiger partial charge in [-0.15, -0.1) is 0 Å². The van der Waals surface area contributed by atoms with Crippen molar-refractivity contribution in [3.63, 3.8) is 0 Å². The number of hydrogen-bond donors (Lipinski definition) is 0. The molecule has 28 heavy (non-hydrogen) atoms. The summed E-state index contributed by atoms with van der Waals surface area (Å²) >= 11 is 1.35. The molecule has 2 aromatic carbocycles. The summed E-state index contributed by atoms with van der Waals surface area (Å²) in [6.07, 6.45) is 3.25. The standard InChI is InChI=1S/C22H23FN2O2S/c1-2-15-5-7-16(8-6-15)12-21(26)25(14-18-4-3-11-27-18)22-24-19-10-9-17(23)13-20(19)28-22/h5-10,13,18H,2-4,11-12,14H2,1H3. The Morgan fingerprint density at radius 2 is 2.04 bits per heavy atom. The quantitative estimate of drug-likeness (QED) is 0.602. The Labute approximate surface area is 168 Å². The predicted octanol–water partition coefficient (Wildman–Crippen LogP) is 4.75. The third-order valence-electron chi connectivity index (χ3n) is 5.07. The normalized spacial score (nSPS) is 16.6. The number of amides is 1. The van der Waals surface area contributed by atoms with E-state index in [-0.39, 0.29) is 17.8 Å². The molecule has 0 radical (unpaired) electrons. The van der Waals surface area contributed by atoms with Crippen LogP contribution < -0.4 is 4.90 Å². The highest BCUT2D eigenvalue weighted by molar-refractivity contribution is 7.22. The van der Waals surface area contributed by atoms with Gasteiger partial charge < -0.3 is 4.74 Å². The summed E-state index contributed by atoms with van der Waals surface area (Å²) in [5.74, 6) is -0.310. The number of benzene rings is 2. The van der Waals surface area contributed by atoms with Crippen LogP contribution in [-0.4, -0.2) is 30.1 Å². The predicted molar refractivity (Wildman–Crippen MR) is 110 cm³/mol. The van der Waals surface area contributed by atoms with Gasteiger partial charge in [0.2, 0.25) is 5.91 Å². The molecule has 1 aliphatic heterocycles. The number of rotatable bonds is 6. The van der Waals surface area contributed by atoms with Crippen LogP contribution in [-0.2, 0) is 22.4 Å². The van der Waals surface area contributed by atoms with Crippen molar-refractivity contribution in [1.82, 2.24) is 4.98 Å². The van der Waals surface area contributed by atoms with Gasteiger partial charge in [-0.3, -0.25) is 9.69 Å². The summed E-state index contributed by atoms with van der Waals surface area (Å²) in [5, 5.41) is 0.603. The monoisotopic (exact) mass is 398 g/mol. The highest BCUT2D eigenvalue weighted by Gasteiger charge is 2.26. The van der Waals surface area contributed by atoms with Crippen molar-refractivity contribution in [2.24, 2.45) is 0 Å². The second-order valence-corrected chi connectivity index (χ2v) is 8.10. The first kappa shape index (κ1) is 19.0. The average molecular weight is 399 g/mol. The van der Waals surface area contributed by atoms with E-state index in [9.17, 15) is 9.18 Å². The minimum absolute atomic E-state index is 0.0146. The number of fused-ring (bicyclic) bond motifs is 1. The largest absolute Gasteiger partial charge is 0.376 e. The van der Waals surface area contributed by atoms with Crippen LogP contribution in [0.2, 0.25) is 0 Å². The van der Waals surface area contributed by atoms with Gasteiger partial charge in [0.15, 0.2) is 5.13 Å². The Morgan fingerprint density at radius 1 is 1.25 bits per heavy atom. The molecule has 0 aliphatic carbocycles. The molecule has 4 rings (SSSR count). The van der Waals surface area contributed by atoms with Gasteiger partial charge in [-0.05, 0) is 48.6 Å². The number of halogens is 1. The molecule has 0 saturated carbocycles. The summed E-state index contributed by atoms with van der Waals surface area (Å²) in [4.78, 5) is 19.5. The number of aromatic nitrogens is 1. The molecular weight excluding hydrogens is 375 g/mol. The lowest BCUT2D eigenvalue weighted by Crippen LogP contribution is -2.38. The smallest absolute Gasteiger partial charge is 0.233 e. The molecule has 1 atom stereocenters. The fraction of sp³-hybridized carbons (Fsp3) is 0.364. The number of ether oxygens (including phenoxy) is 1. The van der Waals surface area contributed by atoms with Gasteiger partial charge >= 0.3 is 0 Å². The van der Waals surface area contributed by atoms with Crippen molar-refractivity contribution in [2.45, 2.75) is 38.7 Å². The van der Waals surface area contributed by atoms with Gasteiger partial charge in [0.05, 0.1) is 29.3 Å². The Kier molecular flexibility index (Phi) is 5.69. The molecule has 0 bridgehead atoms. The SMILES string of the molecule is CCc1ccc(CC(=O)N(CC2CCCO2)c2nc3ccc(F)cc3s2)cc1. The number of carbonyl (C=O) groups excluding carboxylic acids is 1. The Hall–Kier alpha value is -2.31. The minimum atomic E-state index is -0.296. The second kappa shape index (κ2) is 8.37. The lowest BCUT2D eigenvalue weighted by Gasteiger charge is -2.23. The molecular formula is C22H23FN2O2S. The van der Waals surface area contributed by atoms with Gasteiger partial charge in [0.25, 0.3) is 0 Å². The van der Waals surface area contributed by atoms with Crippen LogP contribution in [0.4, 0.5) is 9.52 Å². The molecule has 1 aromatic heterocycles. The van der Waals surface area contributed by atoms with E-state index in [0.29, 0.717) is 23.6 Å². The highest BCUT2D eigenvalue weighted by Crippen LogP contribution is 2.31. The molecule has 1 fully saturated rings. The van der Waals surface area contributed by atoms with Crippen LogP contribution in [0.5, 0.6) is 0 Å². The van der Waals surface area contributed by atoms with E-state index < -0.39 is 0 Å². The Balaban J connectivity index is 1.60. The minimum Gasteiger partial charge on any atom is -0.376 e. The van der Waals surface area contributed by atoms with Crippen LogP contribution in [0.25, 0.3) is 10.2 Å². The number of hydrogen-bond acceptors (Lipinski definition) is 4. The molecule has 2 heterocycles. The fourth-order valence-corrected chi connectivity index (χ4v) is 4.46. The zero-order chi connectivity index (χ0) is 19.5. The molecule has 146 valence electrons. The molecule has 1 amide bonds. The van der Waals surface area contributed by atoms with E-state index in [4.69, 9.17) is 4.74 Å². The summed E-state index contributed by atoms with van der Waals surface area (Å²) in [7, 11) is 0. The van der Waals surface area contributed by atoms with Crippen molar-refractivity contribution in [3.8, 4) is 0 Å². The van der Waals surface area contributed by atoms with Crippen molar-refractivity contribution >= 4 is 32.6 Å². The molecule has 1 saturated heterocycles. The van der Waals surface area contributed by atoms with E-state index in [2.05, 4.69) is 24.0 Å². The van der Waals surface area contributed by atoms with Crippen molar-refractivity contribution in [1.29, 1.82) is 0 Å². The Bertz CT molecular complexity index is 964. The van der Waals surface area contributed by atoms with E-state index >= 15 is 0 Å². The maximum Gasteiger partial charge on any atom is 0.233 e. The van der Waals surface area contributed by atoms with Gasteiger partial charge in [-0.25, -0.2) is 9.37 Å². The summed E-state index contributed by atoms with van der Waals surface area (Å²) in [5.41, 5.74) is 2.94. The molecule has 3 aromatic rings. The van der Waals surface area contributed by atoms with Gasteiger partial charge in [-0.1, -0.05) is 42.5 Å². The number of aryl methyl sites for hydroxylation is 1. The first-order valence-corrected chi connectivity index (χ1v) is 10.5. The van der Waals surface area contributed by atoms with Crippen LogP contribution in [0, 0.1) is 5.82 Å². The van der Waals surface area contributed by atoms with E-state index in [1.807, 2.05) is 12.1 Å². The first-order chi connectivity index (χ1) is 13.6. The van der Waals surface area contributed by atoms with E-state index in [1.165, 1.54) is 29.0 Å². The Morgan fingerprint density at radius 3 is 2.75 bits per heavy atom. The zero-order valence-electron chi connectivity index (χ0n) is 15.9. The van der Waals surface area contributed by atoms with Crippen molar-refractivity contribution in [3.05, 3.63) is 59.4 Å². The molecule has 0 spiro atoms.